The van der Waals surface area contributed by atoms with Crippen LogP contribution in [0.1, 0.15) is 17.4 Å². The second-order valence-corrected chi connectivity index (χ2v) is 5.42. The van der Waals surface area contributed by atoms with Gasteiger partial charge in [0.1, 0.15) is 11.4 Å². The van der Waals surface area contributed by atoms with Crippen molar-refractivity contribution in [2.45, 2.75) is 6.92 Å². The van der Waals surface area contributed by atoms with Crippen LogP contribution < -0.4 is 10.1 Å². The van der Waals surface area contributed by atoms with Gasteiger partial charge in [0, 0.05) is 18.8 Å². The summed E-state index contributed by atoms with van der Waals surface area (Å²) < 4.78 is 10.7. The zero-order valence-electron chi connectivity index (χ0n) is 13.7. The minimum Gasteiger partial charge on any atom is -0.494 e. The van der Waals surface area contributed by atoms with Gasteiger partial charge in [0.2, 0.25) is 0 Å². The molecule has 126 valence electrons. The van der Waals surface area contributed by atoms with Crippen LogP contribution in [0.5, 0.6) is 5.75 Å². The van der Waals surface area contributed by atoms with E-state index in [4.69, 9.17) is 9.47 Å². The van der Waals surface area contributed by atoms with Crippen molar-refractivity contribution in [2.75, 3.05) is 38.2 Å². The number of carbonyl (C=O) groups excluding carboxylic acids is 1. The van der Waals surface area contributed by atoms with Crippen molar-refractivity contribution in [3.63, 3.8) is 0 Å². The topological polar surface area (TPSA) is 63.7 Å². The number of pyridine rings is 1. The maximum absolute atomic E-state index is 12.3. The minimum absolute atomic E-state index is 0.0501. The van der Waals surface area contributed by atoms with Crippen LogP contribution in [-0.4, -0.2) is 48.7 Å². The van der Waals surface area contributed by atoms with E-state index in [9.17, 15) is 4.79 Å². The maximum atomic E-state index is 12.3. The van der Waals surface area contributed by atoms with Gasteiger partial charge in [0.15, 0.2) is 0 Å². The van der Waals surface area contributed by atoms with Gasteiger partial charge in [-0.2, -0.15) is 0 Å². The third-order valence-corrected chi connectivity index (χ3v) is 3.73. The molecule has 1 fully saturated rings. The minimum atomic E-state index is -0.0501. The third-order valence-electron chi connectivity index (χ3n) is 3.73. The predicted octanol–water partition coefficient (Wildman–Crippen LogP) is 2.70. The summed E-state index contributed by atoms with van der Waals surface area (Å²) in [5.41, 5.74) is 2.22. The molecule has 0 saturated carbocycles. The van der Waals surface area contributed by atoms with E-state index in [0.717, 1.165) is 17.1 Å². The average molecular weight is 327 g/mol. The number of nitrogens with zero attached hydrogens (tertiary/aromatic N) is 2. The molecule has 0 spiro atoms. The number of aromatic nitrogens is 1. The highest BCUT2D eigenvalue weighted by molar-refractivity contribution is 5.92. The standard InChI is InChI=1S/C18H21N3O3/c1-2-24-16-6-3-14(4-7-16)20-15-5-8-17(19-13-15)18(22)21-9-11-23-12-10-21/h3-8,13,20H,2,9-12H2,1H3. The average Bonchev–Trinajstić information content (AvgIpc) is 2.64. The van der Waals surface area contributed by atoms with Crippen LogP contribution in [0.4, 0.5) is 11.4 Å². The molecule has 0 aliphatic carbocycles. The molecule has 1 aromatic heterocycles. The fourth-order valence-electron chi connectivity index (χ4n) is 2.49. The zero-order chi connectivity index (χ0) is 16.8. The van der Waals surface area contributed by atoms with E-state index in [-0.39, 0.29) is 5.91 Å². The lowest BCUT2D eigenvalue weighted by Crippen LogP contribution is -2.41. The highest BCUT2D eigenvalue weighted by Crippen LogP contribution is 2.20. The molecule has 1 aliphatic rings. The van der Waals surface area contributed by atoms with E-state index in [1.807, 2.05) is 37.3 Å². The number of benzene rings is 1. The molecule has 6 nitrogen and oxygen atoms in total. The van der Waals surface area contributed by atoms with E-state index in [0.29, 0.717) is 38.6 Å². The summed E-state index contributed by atoms with van der Waals surface area (Å²) in [7, 11) is 0. The monoisotopic (exact) mass is 327 g/mol. The summed E-state index contributed by atoms with van der Waals surface area (Å²) in [5, 5.41) is 3.26. The first-order valence-electron chi connectivity index (χ1n) is 8.09. The summed E-state index contributed by atoms with van der Waals surface area (Å²) in [5.74, 6) is 0.790. The van der Waals surface area contributed by atoms with E-state index in [1.165, 1.54) is 0 Å². The highest BCUT2D eigenvalue weighted by atomic mass is 16.5. The Morgan fingerprint density at radius 2 is 1.88 bits per heavy atom. The lowest BCUT2D eigenvalue weighted by molar-refractivity contribution is 0.0299. The molecule has 2 aromatic rings. The Morgan fingerprint density at radius 3 is 2.50 bits per heavy atom. The Hall–Kier alpha value is -2.60. The molecule has 0 atom stereocenters. The number of morpholine rings is 1. The predicted molar refractivity (Wildman–Crippen MR) is 91.9 cm³/mol. The summed E-state index contributed by atoms with van der Waals surface area (Å²) in [6.45, 7) is 5.01. The molecule has 1 aliphatic heterocycles. The van der Waals surface area contributed by atoms with Crippen LogP contribution >= 0.6 is 0 Å². The molecule has 1 amide bonds. The normalized spacial score (nSPS) is 14.3. The number of carbonyl (C=O) groups is 1. The molecule has 2 heterocycles. The largest absolute Gasteiger partial charge is 0.494 e. The molecular weight excluding hydrogens is 306 g/mol. The quantitative estimate of drug-likeness (QED) is 0.915. The molecule has 1 N–H and O–H groups in total. The van der Waals surface area contributed by atoms with Crippen LogP contribution in [0.15, 0.2) is 42.6 Å². The van der Waals surface area contributed by atoms with Gasteiger partial charge in [-0.3, -0.25) is 4.79 Å². The first-order chi connectivity index (χ1) is 11.8. The fraction of sp³-hybridized carbons (Fsp3) is 0.333. The number of hydrogen-bond acceptors (Lipinski definition) is 5. The van der Waals surface area contributed by atoms with Crippen molar-refractivity contribution in [1.82, 2.24) is 9.88 Å². The van der Waals surface area contributed by atoms with Gasteiger partial charge >= 0.3 is 0 Å². The van der Waals surface area contributed by atoms with Crippen molar-refractivity contribution >= 4 is 17.3 Å². The van der Waals surface area contributed by atoms with Crippen LogP contribution in [0, 0.1) is 0 Å². The number of ether oxygens (including phenoxy) is 2. The summed E-state index contributed by atoms with van der Waals surface area (Å²) in [4.78, 5) is 18.4. The molecule has 0 radical (unpaired) electrons. The number of rotatable bonds is 5. The molecule has 3 rings (SSSR count). The molecule has 1 aromatic carbocycles. The maximum Gasteiger partial charge on any atom is 0.272 e. The first kappa shape index (κ1) is 16.3. The summed E-state index contributed by atoms with van der Waals surface area (Å²) in [6, 6.07) is 11.3. The van der Waals surface area contributed by atoms with Crippen molar-refractivity contribution in [1.29, 1.82) is 0 Å². The van der Waals surface area contributed by atoms with E-state index in [1.54, 1.807) is 17.2 Å². The van der Waals surface area contributed by atoms with Crippen molar-refractivity contribution in [2.24, 2.45) is 0 Å². The molecular formula is C18H21N3O3. The third kappa shape index (κ3) is 4.02. The van der Waals surface area contributed by atoms with Crippen LogP contribution in [0.3, 0.4) is 0 Å². The second kappa shape index (κ2) is 7.79. The molecule has 1 saturated heterocycles. The van der Waals surface area contributed by atoms with Crippen LogP contribution in [-0.2, 0) is 4.74 Å². The lowest BCUT2D eigenvalue weighted by Gasteiger charge is -2.26. The number of nitrogens with one attached hydrogen (secondary N) is 1. The van der Waals surface area contributed by atoms with Gasteiger partial charge in [-0.05, 0) is 43.3 Å². The van der Waals surface area contributed by atoms with Gasteiger partial charge in [-0.15, -0.1) is 0 Å². The molecule has 24 heavy (non-hydrogen) atoms. The van der Waals surface area contributed by atoms with Gasteiger partial charge in [-0.1, -0.05) is 0 Å². The Bertz CT molecular complexity index is 665. The van der Waals surface area contributed by atoms with Crippen LogP contribution in [0.25, 0.3) is 0 Å². The first-order valence-corrected chi connectivity index (χ1v) is 8.09. The zero-order valence-corrected chi connectivity index (χ0v) is 13.7. The smallest absolute Gasteiger partial charge is 0.272 e. The lowest BCUT2D eigenvalue weighted by atomic mass is 10.2. The van der Waals surface area contributed by atoms with Gasteiger partial charge in [0.25, 0.3) is 5.91 Å². The Kier molecular flexibility index (Phi) is 5.28. The van der Waals surface area contributed by atoms with Crippen molar-refractivity contribution in [3.05, 3.63) is 48.3 Å². The number of anilines is 2. The number of hydrogen-bond donors (Lipinski definition) is 1. The fourth-order valence-corrected chi connectivity index (χ4v) is 2.49. The SMILES string of the molecule is CCOc1ccc(Nc2ccc(C(=O)N3CCOCC3)nc2)cc1. The van der Waals surface area contributed by atoms with E-state index in [2.05, 4.69) is 10.3 Å². The molecule has 0 bridgehead atoms. The van der Waals surface area contributed by atoms with Crippen molar-refractivity contribution < 1.29 is 14.3 Å². The number of amides is 1. The summed E-state index contributed by atoms with van der Waals surface area (Å²) in [6.07, 6.45) is 1.67. The van der Waals surface area contributed by atoms with E-state index < -0.39 is 0 Å². The Balaban J connectivity index is 1.62. The highest BCUT2D eigenvalue weighted by Gasteiger charge is 2.19. The second-order valence-electron chi connectivity index (χ2n) is 5.42. The summed E-state index contributed by atoms with van der Waals surface area (Å²) >= 11 is 0. The Labute approximate surface area is 141 Å². The van der Waals surface area contributed by atoms with Crippen molar-refractivity contribution in [3.8, 4) is 5.75 Å². The van der Waals surface area contributed by atoms with E-state index >= 15 is 0 Å². The van der Waals surface area contributed by atoms with Gasteiger partial charge in [-0.25, -0.2) is 4.98 Å². The Morgan fingerprint density at radius 1 is 1.17 bits per heavy atom. The molecule has 0 unspecified atom stereocenters. The van der Waals surface area contributed by atoms with Crippen LogP contribution in [0.2, 0.25) is 0 Å². The van der Waals surface area contributed by atoms with Gasteiger partial charge in [0.05, 0.1) is 31.7 Å². The molecule has 6 heteroatoms. The van der Waals surface area contributed by atoms with Gasteiger partial charge < -0.3 is 19.7 Å².